The summed E-state index contributed by atoms with van der Waals surface area (Å²) >= 11 is 3.31. The number of ketones is 1. The van der Waals surface area contributed by atoms with Gasteiger partial charge in [0.15, 0.2) is 6.10 Å². The Morgan fingerprint density at radius 1 is 1.20 bits per heavy atom. The van der Waals surface area contributed by atoms with Gasteiger partial charge in [0.25, 0.3) is 0 Å². The van der Waals surface area contributed by atoms with Crippen molar-refractivity contribution < 1.29 is 14.3 Å². The van der Waals surface area contributed by atoms with E-state index in [0.717, 1.165) is 4.47 Å². The Kier molecular flexibility index (Phi) is 4.74. The molecule has 0 fully saturated rings. The summed E-state index contributed by atoms with van der Waals surface area (Å²) in [6.45, 7) is 1.72. The van der Waals surface area contributed by atoms with Gasteiger partial charge in [-0.1, -0.05) is 0 Å². The van der Waals surface area contributed by atoms with Crippen LogP contribution in [0.3, 0.4) is 0 Å². The van der Waals surface area contributed by atoms with Crippen LogP contribution in [0.15, 0.2) is 47.2 Å². The lowest BCUT2D eigenvalue weighted by Crippen LogP contribution is -2.23. The van der Waals surface area contributed by atoms with Crippen LogP contribution >= 0.6 is 15.9 Å². The minimum atomic E-state index is -0.584. The van der Waals surface area contributed by atoms with E-state index in [1.165, 1.54) is 0 Å². The van der Waals surface area contributed by atoms with Gasteiger partial charge in [0.1, 0.15) is 11.5 Å². The number of carbonyl (C=O) groups is 1. The van der Waals surface area contributed by atoms with E-state index in [2.05, 4.69) is 20.9 Å². The molecule has 104 valence electrons. The molecule has 0 N–H and O–H groups in total. The molecule has 0 saturated carbocycles. The predicted molar refractivity (Wildman–Crippen MR) is 79.4 cm³/mol. The Hall–Kier alpha value is -1.88. The first-order valence-corrected chi connectivity index (χ1v) is 6.85. The molecular weight excluding hydrogens is 322 g/mol. The van der Waals surface area contributed by atoms with E-state index in [1.807, 2.05) is 0 Å². The standard InChI is InChI=1S/C15H14BrNO3/c1-10(20-14-7-12(16)8-17-9-14)15(18)11-3-5-13(19-2)6-4-11/h3-10H,1-2H3. The van der Waals surface area contributed by atoms with Crippen LogP contribution in [0.25, 0.3) is 0 Å². The van der Waals surface area contributed by atoms with Crippen molar-refractivity contribution in [2.45, 2.75) is 13.0 Å². The zero-order valence-corrected chi connectivity index (χ0v) is 12.8. The zero-order valence-electron chi connectivity index (χ0n) is 11.2. The van der Waals surface area contributed by atoms with Crippen molar-refractivity contribution >= 4 is 21.7 Å². The van der Waals surface area contributed by atoms with Gasteiger partial charge in [-0.2, -0.15) is 0 Å². The first-order valence-electron chi connectivity index (χ1n) is 6.05. The number of hydrogen-bond acceptors (Lipinski definition) is 4. The molecule has 1 aromatic heterocycles. The quantitative estimate of drug-likeness (QED) is 0.784. The highest BCUT2D eigenvalue weighted by Crippen LogP contribution is 2.19. The Morgan fingerprint density at radius 3 is 2.50 bits per heavy atom. The fraction of sp³-hybridized carbons (Fsp3) is 0.200. The number of Topliss-reactive ketones (excluding diaryl/α,β-unsaturated/α-hetero) is 1. The van der Waals surface area contributed by atoms with Gasteiger partial charge in [-0.25, -0.2) is 0 Å². The zero-order chi connectivity index (χ0) is 14.5. The van der Waals surface area contributed by atoms with Crippen molar-refractivity contribution in [3.05, 3.63) is 52.8 Å². The molecular formula is C15H14BrNO3. The Labute approximate surface area is 125 Å². The Balaban J connectivity index is 2.07. The predicted octanol–water partition coefficient (Wildman–Crippen LogP) is 3.50. The van der Waals surface area contributed by atoms with Crippen molar-refractivity contribution in [3.8, 4) is 11.5 Å². The van der Waals surface area contributed by atoms with Crippen molar-refractivity contribution in [1.29, 1.82) is 0 Å². The number of halogens is 1. The van der Waals surface area contributed by atoms with E-state index >= 15 is 0 Å². The highest BCUT2D eigenvalue weighted by Gasteiger charge is 2.17. The third-order valence-corrected chi connectivity index (χ3v) is 3.17. The summed E-state index contributed by atoms with van der Waals surface area (Å²) in [6, 6.07) is 8.71. The molecule has 0 aliphatic rings. The second-order valence-corrected chi connectivity index (χ2v) is 5.11. The summed E-state index contributed by atoms with van der Waals surface area (Å²) in [7, 11) is 1.59. The van der Waals surface area contributed by atoms with Gasteiger partial charge in [0, 0.05) is 16.2 Å². The van der Waals surface area contributed by atoms with E-state index < -0.39 is 6.10 Å². The lowest BCUT2D eigenvalue weighted by Gasteiger charge is -2.13. The van der Waals surface area contributed by atoms with E-state index in [9.17, 15) is 4.79 Å². The molecule has 2 rings (SSSR count). The Bertz CT molecular complexity index is 598. The van der Waals surface area contributed by atoms with E-state index in [-0.39, 0.29) is 5.78 Å². The van der Waals surface area contributed by atoms with Crippen molar-refractivity contribution in [2.24, 2.45) is 0 Å². The number of carbonyl (C=O) groups excluding carboxylic acids is 1. The fourth-order valence-corrected chi connectivity index (χ4v) is 2.05. The summed E-state index contributed by atoms with van der Waals surface area (Å²) in [4.78, 5) is 16.2. The van der Waals surface area contributed by atoms with E-state index in [4.69, 9.17) is 9.47 Å². The summed E-state index contributed by atoms with van der Waals surface area (Å²) in [6.07, 6.45) is 2.64. The number of aromatic nitrogens is 1. The lowest BCUT2D eigenvalue weighted by atomic mass is 10.1. The molecule has 1 atom stereocenters. The molecule has 0 radical (unpaired) electrons. The second-order valence-electron chi connectivity index (χ2n) is 4.19. The molecule has 4 nitrogen and oxygen atoms in total. The molecule has 20 heavy (non-hydrogen) atoms. The average Bonchev–Trinajstić information content (AvgIpc) is 2.46. The number of nitrogens with zero attached hydrogens (tertiary/aromatic N) is 1. The van der Waals surface area contributed by atoms with Crippen molar-refractivity contribution in [3.63, 3.8) is 0 Å². The topological polar surface area (TPSA) is 48.4 Å². The van der Waals surface area contributed by atoms with Crippen LogP contribution in [0.1, 0.15) is 17.3 Å². The van der Waals surface area contributed by atoms with Gasteiger partial charge in [-0.05, 0) is 53.2 Å². The minimum Gasteiger partial charge on any atom is -0.497 e. The highest BCUT2D eigenvalue weighted by atomic mass is 79.9. The van der Waals surface area contributed by atoms with Crippen LogP contribution in [0.2, 0.25) is 0 Å². The third kappa shape index (κ3) is 3.57. The minimum absolute atomic E-state index is 0.0902. The maximum absolute atomic E-state index is 12.2. The molecule has 0 aliphatic heterocycles. The first kappa shape index (κ1) is 14.5. The van der Waals surface area contributed by atoms with Gasteiger partial charge in [-0.15, -0.1) is 0 Å². The summed E-state index contributed by atoms with van der Waals surface area (Å²) in [5, 5.41) is 0. The summed E-state index contributed by atoms with van der Waals surface area (Å²) in [5.74, 6) is 1.17. The maximum atomic E-state index is 12.2. The summed E-state index contributed by atoms with van der Waals surface area (Å²) in [5.41, 5.74) is 0.584. The molecule has 1 unspecified atom stereocenters. The van der Waals surface area contributed by atoms with Gasteiger partial charge in [0.2, 0.25) is 5.78 Å². The second kappa shape index (κ2) is 6.52. The number of ether oxygens (including phenoxy) is 2. The van der Waals surface area contributed by atoms with Crippen LogP contribution < -0.4 is 9.47 Å². The Morgan fingerprint density at radius 2 is 1.90 bits per heavy atom. The molecule has 1 aromatic carbocycles. The third-order valence-electron chi connectivity index (χ3n) is 2.74. The van der Waals surface area contributed by atoms with Crippen LogP contribution in [0.5, 0.6) is 11.5 Å². The number of benzene rings is 1. The molecule has 5 heteroatoms. The summed E-state index contributed by atoms with van der Waals surface area (Å²) < 4.78 is 11.5. The number of methoxy groups -OCH3 is 1. The largest absolute Gasteiger partial charge is 0.497 e. The van der Waals surface area contributed by atoms with Crippen LogP contribution in [-0.2, 0) is 0 Å². The maximum Gasteiger partial charge on any atom is 0.202 e. The normalized spacial score (nSPS) is 11.8. The van der Waals surface area contributed by atoms with Crippen molar-refractivity contribution in [1.82, 2.24) is 4.98 Å². The monoisotopic (exact) mass is 335 g/mol. The van der Waals surface area contributed by atoms with Gasteiger partial charge in [0.05, 0.1) is 13.3 Å². The molecule has 0 amide bonds. The molecule has 0 bridgehead atoms. The molecule has 0 spiro atoms. The van der Waals surface area contributed by atoms with Gasteiger partial charge >= 0.3 is 0 Å². The number of rotatable bonds is 5. The number of pyridine rings is 1. The van der Waals surface area contributed by atoms with Crippen molar-refractivity contribution in [2.75, 3.05) is 7.11 Å². The highest BCUT2D eigenvalue weighted by molar-refractivity contribution is 9.10. The molecule has 1 heterocycles. The lowest BCUT2D eigenvalue weighted by molar-refractivity contribution is 0.0817. The van der Waals surface area contributed by atoms with Gasteiger partial charge < -0.3 is 9.47 Å². The van der Waals surface area contributed by atoms with Gasteiger partial charge in [-0.3, -0.25) is 9.78 Å². The SMILES string of the molecule is COc1ccc(C(=O)C(C)Oc2cncc(Br)c2)cc1. The molecule has 2 aromatic rings. The fourth-order valence-electron chi connectivity index (χ4n) is 1.70. The number of hydrogen-bond donors (Lipinski definition) is 0. The smallest absolute Gasteiger partial charge is 0.202 e. The first-order chi connectivity index (χ1) is 9.60. The average molecular weight is 336 g/mol. The van der Waals surface area contributed by atoms with Crippen LogP contribution in [0, 0.1) is 0 Å². The van der Waals surface area contributed by atoms with Crippen LogP contribution in [0.4, 0.5) is 0 Å². The molecule has 0 saturated heterocycles. The van der Waals surface area contributed by atoms with Crippen LogP contribution in [-0.4, -0.2) is 24.0 Å². The van der Waals surface area contributed by atoms with E-state index in [0.29, 0.717) is 17.1 Å². The molecule has 0 aliphatic carbocycles. The van der Waals surface area contributed by atoms with E-state index in [1.54, 1.807) is 56.8 Å².